The number of nitrogens with one attached hydrogen (secondary N) is 2. The molecule has 0 saturated carbocycles. The summed E-state index contributed by atoms with van der Waals surface area (Å²) >= 11 is 0. The third-order valence-electron chi connectivity index (χ3n) is 9.68. The van der Waals surface area contributed by atoms with E-state index >= 15 is 0 Å². The van der Waals surface area contributed by atoms with Crippen molar-refractivity contribution < 1.29 is 0 Å². The Bertz CT molecular complexity index is 2460. The van der Waals surface area contributed by atoms with Gasteiger partial charge in [0.2, 0.25) is 0 Å². The molecule has 3 nitrogen and oxygen atoms in total. The van der Waals surface area contributed by atoms with Crippen LogP contribution in [-0.4, -0.2) is 9.55 Å². The molecule has 1 aliphatic carbocycles. The number of H-pyrrole nitrogens is 1. The van der Waals surface area contributed by atoms with Crippen molar-refractivity contribution in [2.45, 2.75) is 53.0 Å². The van der Waals surface area contributed by atoms with Gasteiger partial charge < -0.3 is 14.9 Å². The summed E-state index contributed by atoms with van der Waals surface area (Å²) in [6, 6.07) is 44.4. The van der Waals surface area contributed by atoms with Crippen molar-refractivity contribution in [3.8, 4) is 11.1 Å². The van der Waals surface area contributed by atoms with Crippen LogP contribution in [0.2, 0.25) is 0 Å². The first kappa shape index (κ1) is 38.4. The monoisotopic (exact) mass is 719 g/mol. The molecule has 55 heavy (non-hydrogen) atoms. The zero-order valence-electron chi connectivity index (χ0n) is 32.7. The van der Waals surface area contributed by atoms with Crippen LogP contribution in [0.5, 0.6) is 0 Å². The van der Waals surface area contributed by atoms with E-state index in [4.69, 9.17) is 0 Å². The van der Waals surface area contributed by atoms with E-state index in [1.54, 1.807) is 0 Å². The number of fused-ring (bicyclic) bond motifs is 5. The van der Waals surface area contributed by atoms with Crippen molar-refractivity contribution in [3.05, 3.63) is 199 Å². The molecule has 0 spiro atoms. The highest BCUT2D eigenvalue weighted by Gasteiger charge is 2.20. The van der Waals surface area contributed by atoms with Crippen LogP contribution >= 0.6 is 0 Å². The molecule has 0 amide bonds. The van der Waals surface area contributed by atoms with Crippen LogP contribution in [0.3, 0.4) is 0 Å². The molecule has 0 aliphatic heterocycles. The van der Waals surface area contributed by atoms with Gasteiger partial charge in [-0.2, -0.15) is 0 Å². The highest BCUT2D eigenvalue weighted by Crippen LogP contribution is 2.40. The minimum atomic E-state index is 0.239. The molecule has 2 N–H and O–H groups in total. The lowest BCUT2D eigenvalue weighted by molar-refractivity contribution is 0.667. The molecule has 1 atom stereocenters. The standard InChI is InChI=1S/C26H24N2.C20H23N.C6H6/c1-3-10-20-23(11-4-2)28(18-12-6-5-7-13-18)24-17-16-22-25(26(20)24)19-14-8-9-15-21(19)27-22;1-4-5-10-16(2)21-17(3)19-13-9-14-20(15-19)18-11-7-6-8-12-18;1-2-4-6-5-3-1/h3-4,6,8-17,27H,5,7H2,1-2H3;5-15,17,21H,2,4H2,1,3H3;1-6H/b10-3-,11-4-;10-5-;. The molecule has 7 aromatic rings. The molecule has 276 valence electrons. The van der Waals surface area contributed by atoms with Gasteiger partial charge in [0, 0.05) is 50.2 Å². The summed E-state index contributed by atoms with van der Waals surface area (Å²) in [6.07, 6.45) is 23.0. The second kappa shape index (κ2) is 19.1. The number of rotatable bonds is 9. The summed E-state index contributed by atoms with van der Waals surface area (Å²) in [5, 5.41) is 7.34. The minimum absolute atomic E-state index is 0.239. The van der Waals surface area contributed by atoms with Crippen LogP contribution in [0.15, 0.2) is 182 Å². The fourth-order valence-electron chi connectivity index (χ4n) is 7.14. The Labute approximate surface area is 327 Å². The lowest BCUT2D eigenvalue weighted by atomic mass is 10.00. The quantitative estimate of drug-likeness (QED) is 0.143. The summed E-state index contributed by atoms with van der Waals surface area (Å²) < 4.78 is 2.42. The van der Waals surface area contributed by atoms with E-state index in [9.17, 15) is 0 Å². The second-order valence-corrected chi connectivity index (χ2v) is 13.6. The fraction of sp³-hybridized carbons (Fsp3) is 0.154. The molecule has 0 fully saturated rings. The number of hydrogen-bond donors (Lipinski definition) is 2. The Morgan fingerprint density at radius 3 is 2.15 bits per heavy atom. The third kappa shape index (κ3) is 9.26. The summed E-state index contributed by atoms with van der Waals surface area (Å²) in [6.45, 7) is 12.5. The highest BCUT2D eigenvalue weighted by molar-refractivity contribution is 6.23. The topological polar surface area (TPSA) is 32.8 Å². The van der Waals surface area contributed by atoms with Crippen LogP contribution in [0.4, 0.5) is 0 Å². The van der Waals surface area contributed by atoms with E-state index in [0.717, 1.165) is 25.0 Å². The van der Waals surface area contributed by atoms with Crippen molar-refractivity contribution in [2.75, 3.05) is 0 Å². The summed E-state index contributed by atoms with van der Waals surface area (Å²) in [4.78, 5) is 3.60. The normalized spacial score (nSPS) is 13.2. The fourth-order valence-corrected chi connectivity index (χ4v) is 7.14. The molecule has 0 saturated heterocycles. The van der Waals surface area contributed by atoms with Crippen molar-refractivity contribution in [3.63, 3.8) is 0 Å². The Morgan fingerprint density at radius 2 is 1.45 bits per heavy atom. The van der Waals surface area contributed by atoms with Crippen LogP contribution in [0, 0.1) is 0 Å². The van der Waals surface area contributed by atoms with Gasteiger partial charge in [-0.3, -0.25) is 0 Å². The summed E-state index contributed by atoms with van der Waals surface area (Å²) in [7, 11) is 0. The van der Waals surface area contributed by atoms with E-state index in [2.05, 4.69) is 183 Å². The van der Waals surface area contributed by atoms with E-state index in [1.165, 1.54) is 66.4 Å². The number of allylic oxidation sites excluding steroid dienone is 8. The molecular formula is C52H53N3. The summed E-state index contributed by atoms with van der Waals surface area (Å²) in [5.41, 5.74) is 12.1. The van der Waals surface area contributed by atoms with Crippen LogP contribution in [0.1, 0.15) is 69.8 Å². The van der Waals surface area contributed by atoms with E-state index in [-0.39, 0.29) is 6.04 Å². The van der Waals surface area contributed by atoms with Crippen LogP contribution < -0.4 is 5.32 Å². The van der Waals surface area contributed by atoms with Crippen molar-refractivity contribution in [1.29, 1.82) is 0 Å². The maximum atomic E-state index is 4.04. The molecule has 8 rings (SSSR count). The van der Waals surface area contributed by atoms with Gasteiger partial charge >= 0.3 is 0 Å². The Hall–Kier alpha value is -6.32. The maximum absolute atomic E-state index is 4.04. The lowest BCUT2D eigenvalue weighted by Gasteiger charge is -2.17. The highest BCUT2D eigenvalue weighted by atomic mass is 15.0. The van der Waals surface area contributed by atoms with Crippen LogP contribution in [0.25, 0.3) is 61.7 Å². The Morgan fingerprint density at radius 1 is 0.764 bits per heavy atom. The summed E-state index contributed by atoms with van der Waals surface area (Å²) in [5.74, 6) is 0. The number of nitrogens with zero attached hydrogens (tertiary/aromatic N) is 1. The third-order valence-corrected chi connectivity index (χ3v) is 9.68. The van der Waals surface area contributed by atoms with Gasteiger partial charge in [-0.25, -0.2) is 0 Å². The maximum Gasteiger partial charge on any atom is 0.0548 e. The molecule has 1 unspecified atom stereocenters. The zero-order chi connectivity index (χ0) is 38.4. The van der Waals surface area contributed by atoms with Gasteiger partial charge in [-0.1, -0.05) is 153 Å². The average molecular weight is 720 g/mol. The molecule has 1 aliphatic rings. The first-order valence-corrected chi connectivity index (χ1v) is 19.5. The Balaban J connectivity index is 0.000000168. The molecule has 2 aromatic heterocycles. The van der Waals surface area contributed by atoms with Gasteiger partial charge in [0.15, 0.2) is 0 Å². The van der Waals surface area contributed by atoms with Gasteiger partial charge in [0.25, 0.3) is 0 Å². The predicted molar refractivity (Wildman–Crippen MR) is 242 cm³/mol. The van der Waals surface area contributed by atoms with Crippen LogP contribution in [-0.2, 0) is 0 Å². The van der Waals surface area contributed by atoms with E-state index in [1.807, 2.05) is 48.5 Å². The van der Waals surface area contributed by atoms with E-state index in [0.29, 0.717) is 0 Å². The lowest BCUT2D eigenvalue weighted by Crippen LogP contribution is -2.16. The first-order valence-electron chi connectivity index (χ1n) is 19.5. The largest absolute Gasteiger partial charge is 0.379 e. The van der Waals surface area contributed by atoms with Gasteiger partial charge in [-0.15, -0.1) is 0 Å². The Kier molecular flexibility index (Phi) is 13.4. The zero-order valence-corrected chi connectivity index (χ0v) is 32.7. The second-order valence-electron chi connectivity index (χ2n) is 13.6. The first-order chi connectivity index (χ1) is 27.0. The minimum Gasteiger partial charge on any atom is -0.379 e. The van der Waals surface area contributed by atoms with Gasteiger partial charge in [0.05, 0.1) is 11.2 Å². The number of hydrogen-bond acceptors (Lipinski definition) is 1. The number of para-hydroxylation sites is 1. The van der Waals surface area contributed by atoms with Gasteiger partial charge in [0.1, 0.15) is 0 Å². The average Bonchev–Trinajstić information content (AvgIpc) is 3.77. The van der Waals surface area contributed by atoms with Crippen molar-refractivity contribution >= 4 is 50.6 Å². The van der Waals surface area contributed by atoms with Gasteiger partial charge in [-0.05, 0) is 99.2 Å². The molecule has 2 heterocycles. The van der Waals surface area contributed by atoms with Crippen molar-refractivity contribution in [2.24, 2.45) is 0 Å². The number of benzene rings is 5. The number of aromatic amines is 1. The van der Waals surface area contributed by atoms with Crippen molar-refractivity contribution in [1.82, 2.24) is 14.9 Å². The van der Waals surface area contributed by atoms with E-state index < -0.39 is 0 Å². The molecule has 5 aromatic carbocycles. The smallest absolute Gasteiger partial charge is 0.0548 e. The SMILES string of the molecule is C/C=C\c1c(/C=C\C)n(C2=CCCC=C2)c2ccc3[nH]c4ccccc4c3c12.C=C(/C=C\CC)NC(C)c1cccc(-c2ccccc2)c1.c1ccccc1. The predicted octanol–water partition coefficient (Wildman–Crippen LogP) is 14.7. The molecular weight excluding hydrogens is 667 g/mol. The molecule has 3 heteroatoms. The molecule has 0 bridgehead atoms. The number of aromatic nitrogens is 2. The molecule has 0 radical (unpaired) electrons.